The molecule has 0 unspecified atom stereocenters. The van der Waals surface area contributed by atoms with Crippen LogP contribution in [0.2, 0.25) is 0 Å². The van der Waals surface area contributed by atoms with E-state index in [1.54, 1.807) is 0 Å². The van der Waals surface area contributed by atoms with Crippen LogP contribution in [0, 0.1) is 0 Å². The predicted octanol–water partition coefficient (Wildman–Crippen LogP) is 11.2. The van der Waals surface area contributed by atoms with Gasteiger partial charge < -0.3 is 41.7 Å². The molecule has 8 heteroatoms. The molecule has 324 valence electrons. The summed E-state index contributed by atoms with van der Waals surface area (Å²) >= 11 is 0. The minimum absolute atomic E-state index is 0.111. The van der Waals surface area contributed by atoms with E-state index in [0.717, 1.165) is 117 Å². The Morgan fingerprint density at radius 1 is 0.312 bits per heavy atom. The van der Waals surface area contributed by atoms with E-state index in [2.05, 4.69) is 69.8 Å². The molecule has 8 nitrogen and oxygen atoms in total. The van der Waals surface area contributed by atoms with Gasteiger partial charge in [0.1, 0.15) is 23.0 Å². The van der Waals surface area contributed by atoms with Crippen molar-refractivity contribution in [3.8, 4) is 45.3 Å². The standard InChI is InChI=1S/C56H56N4O4/c61-53-37-25-33-13-1-5-17-41(33)49(53)50-42-18-6-2-14-34(42)26-38(54(50)62)30-58-47-23-11-12-24-48(47)60-32-40-28-36-16-4-8-20-44(36)52(56(40)64)51-43-19-7-3-15-35(43)27-39(55(51)63)31-59-46-22-10-9-21-45(46)57-29-37/h1-8,13-20,25-28,45-48,57-64H,9-12,21-24,29-32H2/t45-,46-,47-,48-/m0/s1. The molecule has 1 aliphatic heterocycles. The van der Waals surface area contributed by atoms with Crippen LogP contribution in [0.4, 0.5) is 0 Å². The van der Waals surface area contributed by atoms with E-state index in [0.29, 0.717) is 48.4 Å². The molecule has 8 aromatic rings. The zero-order valence-electron chi connectivity index (χ0n) is 36.1. The Hall–Kier alpha value is -6.16. The summed E-state index contributed by atoms with van der Waals surface area (Å²) in [5, 5.41) is 72.8. The van der Waals surface area contributed by atoms with Crippen LogP contribution >= 0.6 is 0 Å². The summed E-state index contributed by atoms with van der Waals surface area (Å²) in [5.41, 5.74) is 5.70. The predicted molar refractivity (Wildman–Crippen MR) is 260 cm³/mol. The van der Waals surface area contributed by atoms with Gasteiger partial charge in [0.2, 0.25) is 0 Å². The molecule has 64 heavy (non-hydrogen) atoms. The number of phenols is 4. The van der Waals surface area contributed by atoms with Crippen LogP contribution in [0.5, 0.6) is 23.0 Å². The first-order valence-electron chi connectivity index (χ1n) is 23.3. The van der Waals surface area contributed by atoms with Crippen molar-refractivity contribution in [3.63, 3.8) is 0 Å². The van der Waals surface area contributed by atoms with Crippen molar-refractivity contribution < 1.29 is 20.4 Å². The first-order chi connectivity index (χ1) is 31.4. The molecule has 8 aromatic carbocycles. The molecule has 3 aliphatic rings. The summed E-state index contributed by atoms with van der Waals surface area (Å²) in [6, 6.07) is 41.4. The van der Waals surface area contributed by atoms with Crippen molar-refractivity contribution in [2.75, 3.05) is 0 Å². The average Bonchev–Trinajstić information content (AvgIpc) is 3.32. The molecule has 2 fully saturated rings. The number of fused-ring (bicyclic) bond motifs is 20. The molecule has 0 aromatic heterocycles. The highest BCUT2D eigenvalue weighted by Gasteiger charge is 2.30. The summed E-state index contributed by atoms with van der Waals surface area (Å²) in [6.45, 7) is 1.76. The lowest BCUT2D eigenvalue weighted by Gasteiger charge is -2.34. The normalized spacial score (nSPS) is 21.0. The zero-order valence-corrected chi connectivity index (χ0v) is 36.1. The maximum atomic E-state index is 12.5. The molecular weight excluding hydrogens is 793 g/mol. The number of benzene rings is 8. The van der Waals surface area contributed by atoms with E-state index >= 15 is 0 Å². The molecule has 0 saturated heterocycles. The SMILES string of the molecule is Oc1c2cc3ccccc3c1-c1c(O)c(cc3ccccc13)CN[C@H]1CCCC[C@@H]1NCc1cc3ccccc3c(c1O)-c1c(O)c(cc3ccccc13)CN[C@H]1CCCC[C@@H]1NC2. The first kappa shape index (κ1) is 40.6. The summed E-state index contributed by atoms with van der Waals surface area (Å²) in [7, 11) is 0. The molecular formula is C56H56N4O4. The van der Waals surface area contributed by atoms with Crippen LogP contribution in [-0.2, 0) is 26.2 Å². The van der Waals surface area contributed by atoms with Crippen molar-refractivity contribution >= 4 is 43.1 Å². The Kier molecular flexibility index (Phi) is 10.8. The Bertz CT molecular complexity index is 2660. The van der Waals surface area contributed by atoms with Gasteiger partial charge in [0.15, 0.2) is 0 Å². The fraction of sp³-hybridized carbons (Fsp3) is 0.286. The first-order valence-corrected chi connectivity index (χ1v) is 23.3. The topological polar surface area (TPSA) is 129 Å². The van der Waals surface area contributed by atoms with E-state index in [-0.39, 0.29) is 47.2 Å². The van der Waals surface area contributed by atoms with Gasteiger partial charge in [0, 0.05) is 94.9 Å². The maximum absolute atomic E-state index is 12.5. The Labute approximate surface area is 374 Å². The van der Waals surface area contributed by atoms with Gasteiger partial charge in [0.05, 0.1) is 0 Å². The van der Waals surface area contributed by atoms with Crippen LogP contribution < -0.4 is 21.3 Å². The molecule has 8 N–H and O–H groups in total. The second-order valence-corrected chi connectivity index (χ2v) is 18.4. The highest BCUT2D eigenvalue weighted by atomic mass is 16.3. The fourth-order valence-corrected chi connectivity index (χ4v) is 11.3. The molecule has 0 amide bonds. The zero-order chi connectivity index (χ0) is 43.3. The van der Waals surface area contributed by atoms with Crippen molar-refractivity contribution in [1.29, 1.82) is 0 Å². The highest BCUT2D eigenvalue weighted by molar-refractivity contribution is 6.12. The molecule has 4 atom stereocenters. The highest BCUT2D eigenvalue weighted by Crippen LogP contribution is 2.49. The van der Waals surface area contributed by atoms with Gasteiger partial charge in [-0.05, 0) is 93.0 Å². The maximum Gasteiger partial charge on any atom is 0.128 e. The monoisotopic (exact) mass is 848 g/mol. The molecule has 2 aliphatic carbocycles. The Morgan fingerprint density at radius 3 is 0.766 bits per heavy atom. The molecule has 0 spiro atoms. The van der Waals surface area contributed by atoms with Crippen molar-refractivity contribution in [3.05, 3.63) is 144 Å². The molecule has 8 bridgehead atoms. The third-order valence-corrected chi connectivity index (χ3v) is 14.7. The number of nitrogens with one attached hydrogen (secondary N) is 4. The average molecular weight is 849 g/mol. The quantitative estimate of drug-likeness (QED) is 0.0758. The number of hydrogen-bond donors (Lipinski definition) is 8. The lowest BCUT2D eigenvalue weighted by molar-refractivity contribution is 0.279. The van der Waals surface area contributed by atoms with E-state index in [1.165, 1.54) is 0 Å². The van der Waals surface area contributed by atoms with Gasteiger partial charge in [-0.15, -0.1) is 0 Å². The van der Waals surface area contributed by atoms with Crippen molar-refractivity contribution in [1.82, 2.24) is 21.3 Å². The molecule has 11 rings (SSSR count). The van der Waals surface area contributed by atoms with Crippen LogP contribution in [0.25, 0.3) is 65.3 Å². The number of rotatable bonds is 0. The minimum Gasteiger partial charge on any atom is -0.507 e. The van der Waals surface area contributed by atoms with Crippen molar-refractivity contribution in [2.24, 2.45) is 0 Å². The van der Waals surface area contributed by atoms with E-state index < -0.39 is 0 Å². The number of aromatic hydroxyl groups is 4. The second kappa shape index (κ2) is 17.1. The van der Waals surface area contributed by atoms with Crippen LogP contribution in [-0.4, -0.2) is 44.6 Å². The van der Waals surface area contributed by atoms with Gasteiger partial charge >= 0.3 is 0 Å². The summed E-state index contributed by atoms with van der Waals surface area (Å²) in [4.78, 5) is 0. The van der Waals surface area contributed by atoms with Crippen molar-refractivity contribution in [2.45, 2.75) is 102 Å². The Balaban J connectivity index is 1.07. The lowest BCUT2D eigenvalue weighted by Crippen LogP contribution is -2.49. The molecule has 0 radical (unpaired) electrons. The fourth-order valence-electron chi connectivity index (χ4n) is 11.3. The van der Waals surface area contributed by atoms with E-state index in [4.69, 9.17) is 0 Å². The van der Waals surface area contributed by atoms with Gasteiger partial charge in [0.25, 0.3) is 0 Å². The van der Waals surface area contributed by atoms with Crippen LogP contribution in [0.15, 0.2) is 121 Å². The third kappa shape index (κ3) is 7.28. The number of phenolic OH excluding ortho intramolecular Hbond substituents is 4. The third-order valence-electron chi connectivity index (χ3n) is 14.7. The largest absolute Gasteiger partial charge is 0.507 e. The van der Waals surface area contributed by atoms with Gasteiger partial charge in [-0.3, -0.25) is 0 Å². The molecule has 1 heterocycles. The van der Waals surface area contributed by atoms with Gasteiger partial charge in [-0.1, -0.05) is 123 Å². The van der Waals surface area contributed by atoms with Crippen LogP contribution in [0.3, 0.4) is 0 Å². The smallest absolute Gasteiger partial charge is 0.128 e. The summed E-state index contributed by atoms with van der Waals surface area (Å²) in [5.74, 6) is 0.706. The second-order valence-electron chi connectivity index (χ2n) is 18.4. The summed E-state index contributed by atoms with van der Waals surface area (Å²) in [6.07, 6.45) is 8.25. The van der Waals surface area contributed by atoms with Crippen LogP contribution in [0.1, 0.15) is 73.6 Å². The minimum atomic E-state index is 0.111. The summed E-state index contributed by atoms with van der Waals surface area (Å²) < 4.78 is 0. The van der Waals surface area contributed by atoms with Gasteiger partial charge in [-0.2, -0.15) is 0 Å². The Morgan fingerprint density at radius 2 is 0.531 bits per heavy atom. The lowest BCUT2D eigenvalue weighted by atomic mass is 9.87. The number of hydrogen-bond acceptors (Lipinski definition) is 8. The molecule has 2 saturated carbocycles. The van der Waals surface area contributed by atoms with E-state index in [1.807, 2.05) is 72.8 Å². The van der Waals surface area contributed by atoms with E-state index in [9.17, 15) is 20.4 Å². The van der Waals surface area contributed by atoms with Gasteiger partial charge in [-0.25, -0.2) is 0 Å².